The summed E-state index contributed by atoms with van der Waals surface area (Å²) in [4.78, 5) is 9.80. The summed E-state index contributed by atoms with van der Waals surface area (Å²) in [6.45, 7) is 3.98. The molecule has 5 heteroatoms. The van der Waals surface area contributed by atoms with Crippen LogP contribution in [0.15, 0.2) is 30.3 Å². The van der Waals surface area contributed by atoms with Gasteiger partial charge in [0.2, 0.25) is 0 Å². The molecule has 20 heavy (non-hydrogen) atoms. The highest BCUT2D eigenvalue weighted by Crippen LogP contribution is 2.24. The van der Waals surface area contributed by atoms with Gasteiger partial charge in [-0.1, -0.05) is 30.4 Å². The van der Waals surface area contributed by atoms with Gasteiger partial charge in [0.05, 0.1) is 11.1 Å². The number of fused-ring (bicyclic) bond motifs is 1. The van der Waals surface area contributed by atoms with E-state index in [1.54, 1.807) is 0 Å². The third-order valence-electron chi connectivity index (χ3n) is 3.77. The summed E-state index contributed by atoms with van der Waals surface area (Å²) >= 11 is 5.21. The quantitative estimate of drug-likeness (QED) is 0.850. The number of hydrogen-bond donors (Lipinski definition) is 1. The van der Waals surface area contributed by atoms with E-state index in [4.69, 9.17) is 22.9 Å². The Morgan fingerprint density at radius 3 is 2.60 bits per heavy atom. The lowest BCUT2D eigenvalue weighted by Gasteiger charge is -2.34. The first-order valence-electron chi connectivity index (χ1n) is 6.78. The topological polar surface area (TPSA) is 45.4 Å². The van der Waals surface area contributed by atoms with E-state index in [0.717, 1.165) is 48.5 Å². The van der Waals surface area contributed by atoms with Gasteiger partial charge in [-0.2, -0.15) is 0 Å². The summed E-state index contributed by atoms with van der Waals surface area (Å²) in [7, 11) is 2.14. The molecule has 1 aromatic heterocycles. The second kappa shape index (κ2) is 5.34. The van der Waals surface area contributed by atoms with Crippen molar-refractivity contribution in [2.75, 3.05) is 38.1 Å². The van der Waals surface area contributed by atoms with E-state index < -0.39 is 0 Å². The molecule has 0 bridgehead atoms. The number of rotatable bonds is 2. The zero-order valence-electron chi connectivity index (χ0n) is 11.5. The van der Waals surface area contributed by atoms with Crippen molar-refractivity contribution in [3.8, 4) is 0 Å². The fourth-order valence-corrected chi connectivity index (χ4v) is 2.70. The Kier molecular flexibility index (Phi) is 3.54. The second-order valence-corrected chi connectivity index (χ2v) is 5.65. The van der Waals surface area contributed by atoms with Crippen molar-refractivity contribution in [2.24, 2.45) is 5.73 Å². The third-order valence-corrected chi connectivity index (χ3v) is 3.99. The Hall–Kier alpha value is -1.72. The van der Waals surface area contributed by atoms with Crippen molar-refractivity contribution in [1.29, 1.82) is 0 Å². The van der Waals surface area contributed by atoms with Crippen LogP contribution >= 0.6 is 12.2 Å². The average molecular weight is 286 g/mol. The number of nitrogens with two attached hydrogens (primary N) is 1. The minimum absolute atomic E-state index is 0.414. The number of para-hydroxylation sites is 1. The van der Waals surface area contributed by atoms with Crippen molar-refractivity contribution in [3.63, 3.8) is 0 Å². The molecule has 0 amide bonds. The van der Waals surface area contributed by atoms with Crippen LogP contribution in [0.1, 0.15) is 5.56 Å². The van der Waals surface area contributed by atoms with E-state index in [0.29, 0.717) is 4.99 Å². The summed E-state index contributed by atoms with van der Waals surface area (Å²) in [6, 6.07) is 10.1. The molecule has 0 spiro atoms. The van der Waals surface area contributed by atoms with E-state index in [9.17, 15) is 0 Å². The Labute approximate surface area is 124 Å². The van der Waals surface area contributed by atoms with Gasteiger partial charge in [0.15, 0.2) is 0 Å². The maximum absolute atomic E-state index is 5.89. The van der Waals surface area contributed by atoms with Crippen molar-refractivity contribution in [3.05, 3.63) is 35.9 Å². The maximum atomic E-state index is 5.89. The highest BCUT2D eigenvalue weighted by molar-refractivity contribution is 7.80. The lowest BCUT2D eigenvalue weighted by Crippen LogP contribution is -2.45. The number of aromatic nitrogens is 1. The molecule has 2 heterocycles. The van der Waals surface area contributed by atoms with Crippen LogP contribution in [-0.4, -0.2) is 48.1 Å². The predicted octanol–water partition coefficient (Wildman–Crippen LogP) is 1.62. The highest BCUT2D eigenvalue weighted by atomic mass is 32.1. The summed E-state index contributed by atoms with van der Waals surface area (Å²) in [5, 5.41) is 1.08. The van der Waals surface area contributed by atoms with E-state index in [-0.39, 0.29) is 0 Å². The Morgan fingerprint density at radius 2 is 1.90 bits per heavy atom. The minimum atomic E-state index is 0.414. The molecule has 0 radical (unpaired) electrons. The first kappa shape index (κ1) is 13.3. The molecule has 104 valence electrons. The summed E-state index contributed by atoms with van der Waals surface area (Å²) in [5.74, 6) is 0.921. The SMILES string of the molecule is CN1CCN(c2nc3ccccc3cc2C(N)=S)CC1. The molecule has 0 saturated carbocycles. The van der Waals surface area contributed by atoms with Crippen molar-refractivity contribution < 1.29 is 0 Å². The Balaban J connectivity index is 2.07. The molecule has 0 unspecified atom stereocenters. The Bertz CT molecular complexity index is 647. The Morgan fingerprint density at radius 1 is 1.20 bits per heavy atom. The first-order chi connectivity index (χ1) is 9.65. The zero-order valence-corrected chi connectivity index (χ0v) is 12.4. The van der Waals surface area contributed by atoms with E-state index in [1.165, 1.54) is 0 Å². The molecule has 3 rings (SSSR count). The largest absolute Gasteiger partial charge is 0.389 e. The van der Waals surface area contributed by atoms with Crippen molar-refractivity contribution in [2.45, 2.75) is 0 Å². The first-order valence-corrected chi connectivity index (χ1v) is 7.19. The van der Waals surface area contributed by atoms with Gasteiger partial charge in [-0.3, -0.25) is 0 Å². The maximum Gasteiger partial charge on any atom is 0.139 e. The van der Waals surface area contributed by atoms with E-state index in [1.807, 2.05) is 24.3 Å². The monoisotopic (exact) mass is 286 g/mol. The van der Waals surface area contributed by atoms with Gasteiger partial charge in [0, 0.05) is 31.6 Å². The van der Waals surface area contributed by atoms with E-state index in [2.05, 4.69) is 22.9 Å². The van der Waals surface area contributed by atoms with E-state index >= 15 is 0 Å². The normalized spacial score (nSPS) is 16.6. The molecule has 1 saturated heterocycles. The number of pyridine rings is 1. The molecule has 0 atom stereocenters. The highest BCUT2D eigenvalue weighted by Gasteiger charge is 2.20. The molecular formula is C15H18N4S. The summed E-state index contributed by atoms with van der Waals surface area (Å²) < 4.78 is 0. The number of hydrogen-bond acceptors (Lipinski definition) is 4. The number of benzene rings is 1. The van der Waals surface area contributed by atoms with Crippen LogP contribution < -0.4 is 10.6 Å². The van der Waals surface area contributed by atoms with Crippen molar-refractivity contribution in [1.82, 2.24) is 9.88 Å². The fourth-order valence-electron chi connectivity index (χ4n) is 2.55. The fraction of sp³-hybridized carbons (Fsp3) is 0.333. The average Bonchev–Trinajstić information content (AvgIpc) is 2.46. The van der Waals surface area contributed by atoms with Gasteiger partial charge in [-0.25, -0.2) is 4.98 Å². The second-order valence-electron chi connectivity index (χ2n) is 5.21. The smallest absolute Gasteiger partial charge is 0.139 e. The molecule has 2 N–H and O–H groups in total. The standard InChI is InChI=1S/C15H18N4S/c1-18-6-8-19(9-7-18)15-12(14(16)20)10-11-4-2-3-5-13(11)17-15/h2-5,10H,6-9H2,1H3,(H2,16,20). The van der Waals surface area contributed by atoms with Crippen LogP contribution in [0.5, 0.6) is 0 Å². The third kappa shape index (κ3) is 2.46. The van der Waals surface area contributed by atoms with Crippen LogP contribution in [-0.2, 0) is 0 Å². The van der Waals surface area contributed by atoms with Gasteiger partial charge in [-0.05, 0) is 19.2 Å². The zero-order chi connectivity index (χ0) is 14.1. The lowest BCUT2D eigenvalue weighted by molar-refractivity contribution is 0.312. The molecule has 1 fully saturated rings. The van der Waals surface area contributed by atoms with Gasteiger partial charge >= 0.3 is 0 Å². The predicted molar refractivity (Wildman–Crippen MR) is 87.3 cm³/mol. The molecular weight excluding hydrogens is 268 g/mol. The molecule has 1 aliphatic heterocycles. The molecule has 2 aromatic rings. The lowest BCUT2D eigenvalue weighted by atomic mass is 10.1. The van der Waals surface area contributed by atoms with Crippen LogP contribution in [0.4, 0.5) is 5.82 Å². The van der Waals surface area contributed by atoms with Crippen LogP contribution in [0.3, 0.4) is 0 Å². The number of anilines is 1. The molecule has 1 aromatic carbocycles. The number of nitrogens with zero attached hydrogens (tertiary/aromatic N) is 3. The van der Waals surface area contributed by atoms with Crippen molar-refractivity contribution >= 4 is 33.9 Å². The van der Waals surface area contributed by atoms with Crippen LogP contribution in [0, 0.1) is 0 Å². The summed E-state index contributed by atoms with van der Waals surface area (Å²) in [5.41, 5.74) is 7.76. The minimum Gasteiger partial charge on any atom is -0.389 e. The number of piperazine rings is 1. The van der Waals surface area contributed by atoms with Crippen LogP contribution in [0.2, 0.25) is 0 Å². The number of likely N-dealkylation sites (N-methyl/N-ethyl adjacent to an activating group) is 1. The van der Waals surface area contributed by atoms with Gasteiger partial charge in [-0.15, -0.1) is 0 Å². The molecule has 4 nitrogen and oxygen atoms in total. The summed E-state index contributed by atoms with van der Waals surface area (Å²) in [6.07, 6.45) is 0. The van der Waals surface area contributed by atoms with Crippen LogP contribution in [0.25, 0.3) is 10.9 Å². The molecule has 0 aliphatic carbocycles. The van der Waals surface area contributed by atoms with Gasteiger partial charge in [0.25, 0.3) is 0 Å². The number of thiocarbonyl (C=S) groups is 1. The van der Waals surface area contributed by atoms with Gasteiger partial charge < -0.3 is 15.5 Å². The van der Waals surface area contributed by atoms with Gasteiger partial charge in [0.1, 0.15) is 10.8 Å². The molecule has 1 aliphatic rings.